The van der Waals surface area contributed by atoms with Gasteiger partial charge in [0.1, 0.15) is 0 Å². The number of thiophene rings is 1. The predicted octanol–water partition coefficient (Wildman–Crippen LogP) is 2.47. The molecule has 2 fully saturated rings. The van der Waals surface area contributed by atoms with Crippen LogP contribution >= 0.6 is 11.3 Å². The van der Waals surface area contributed by atoms with Gasteiger partial charge in [-0.3, -0.25) is 9.69 Å². The van der Waals surface area contributed by atoms with Crippen molar-refractivity contribution in [2.75, 3.05) is 13.1 Å². The summed E-state index contributed by atoms with van der Waals surface area (Å²) < 4.78 is 5.25. The summed E-state index contributed by atoms with van der Waals surface area (Å²) in [5, 5.41) is 9.18. The molecule has 128 valence electrons. The monoisotopic (exact) mass is 346 g/mol. The highest BCUT2D eigenvalue weighted by molar-refractivity contribution is 7.13. The summed E-state index contributed by atoms with van der Waals surface area (Å²) in [5.74, 6) is 1.22. The molecule has 6 nitrogen and oxygen atoms in total. The zero-order valence-corrected chi connectivity index (χ0v) is 14.4. The van der Waals surface area contributed by atoms with E-state index < -0.39 is 0 Å². The molecule has 1 N–H and O–H groups in total. The predicted molar refractivity (Wildman–Crippen MR) is 91.7 cm³/mol. The number of hydrogen-bond donors (Lipinski definition) is 1. The lowest BCUT2D eigenvalue weighted by Gasteiger charge is -2.32. The van der Waals surface area contributed by atoms with E-state index in [9.17, 15) is 4.79 Å². The number of piperidine rings is 1. The molecule has 2 aliphatic rings. The van der Waals surface area contributed by atoms with Crippen LogP contribution in [0.5, 0.6) is 0 Å². The Hall–Kier alpha value is -1.73. The number of carbonyl (C=O) groups excluding carboxylic acids is 1. The average molecular weight is 346 g/mol. The Labute approximate surface area is 145 Å². The highest BCUT2D eigenvalue weighted by atomic mass is 32.1. The second kappa shape index (κ2) is 7.03. The van der Waals surface area contributed by atoms with Gasteiger partial charge in [0.15, 0.2) is 0 Å². The number of nitrogens with zero attached hydrogens (tertiary/aromatic N) is 3. The fourth-order valence-corrected chi connectivity index (χ4v) is 4.43. The maximum atomic E-state index is 12.3. The maximum absolute atomic E-state index is 12.3. The van der Waals surface area contributed by atoms with Gasteiger partial charge in [-0.1, -0.05) is 17.6 Å². The molecule has 7 heteroatoms. The van der Waals surface area contributed by atoms with Crippen molar-refractivity contribution in [2.45, 2.75) is 50.6 Å². The lowest BCUT2D eigenvalue weighted by atomic mass is 9.99. The van der Waals surface area contributed by atoms with E-state index in [0.717, 1.165) is 17.8 Å². The Morgan fingerprint density at radius 3 is 3.21 bits per heavy atom. The first kappa shape index (κ1) is 15.8. The number of carbonyl (C=O) groups is 1. The second-order valence-corrected chi connectivity index (χ2v) is 7.50. The van der Waals surface area contributed by atoms with Crippen LogP contribution in [0.25, 0.3) is 10.7 Å². The summed E-state index contributed by atoms with van der Waals surface area (Å²) in [7, 11) is 0. The first-order valence-corrected chi connectivity index (χ1v) is 9.57. The Bertz CT molecular complexity index is 685. The average Bonchev–Trinajstić information content (AvgIpc) is 3.34. The Kier molecular flexibility index (Phi) is 4.62. The van der Waals surface area contributed by atoms with Crippen molar-refractivity contribution in [3.8, 4) is 10.7 Å². The summed E-state index contributed by atoms with van der Waals surface area (Å²) in [6.07, 6.45) is 5.74. The van der Waals surface area contributed by atoms with Crippen LogP contribution < -0.4 is 5.32 Å². The molecule has 0 radical (unpaired) electrons. The van der Waals surface area contributed by atoms with Gasteiger partial charge in [0.05, 0.1) is 4.88 Å². The fraction of sp³-hybridized carbons (Fsp3) is 0.588. The molecule has 2 saturated heterocycles. The van der Waals surface area contributed by atoms with E-state index in [4.69, 9.17) is 4.52 Å². The number of fused-ring (bicyclic) bond motifs is 1. The number of nitrogens with one attached hydrogen (secondary N) is 1. The molecule has 2 aromatic rings. The minimum absolute atomic E-state index is 0.0864. The third kappa shape index (κ3) is 3.37. The molecule has 0 aromatic carbocycles. The van der Waals surface area contributed by atoms with Gasteiger partial charge in [-0.05, 0) is 37.3 Å². The van der Waals surface area contributed by atoms with Crippen LogP contribution in [0.1, 0.15) is 38.0 Å². The summed E-state index contributed by atoms with van der Waals surface area (Å²) in [4.78, 5) is 20.1. The minimum Gasteiger partial charge on any atom is -0.352 e. The molecule has 0 aliphatic carbocycles. The maximum Gasteiger partial charge on any atom is 0.227 e. The van der Waals surface area contributed by atoms with Crippen LogP contribution in [-0.2, 0) is 11.2 Å². The first-order chi connectivity index (χ1) is 11.8. The van der Waals surface area contributed by atoms with E-state index in [1.165, 1.54) is 25.8 Å². The highest BCUT2D eigenvalue weighted by Crippen LogP contribution is 2.27. The van der Waals surface area contributed by atoms with Crippen molar-refractivity contribution in [1.82, 2.24) is 20.4 Å². The molecule has 0 spiro atoms. The molecular formula is C17H22N4O2S. The van der Waals surface area contributed by atoms with Crippen LogP contribution in [0.2, 0.25) is 0 Å². The minimum atomic E-state index is 0.0864. The molecule has 4 rings (SSSR count). The van der Waals surface area contributed by atoms with Gasteiger partial charge in [-0.25, -0.2) is 0 Å². The zero-order valence-electron chi connectivity index (χ0n) is 13.6. The van der Waals surface area contributed by atoms with Crippen molar-refractivity contribution in [2.24, 2.45) is 0 Å². The standard InChI is InChI=1S/C17H22N4O2S/c22-15(18-12-8-10-21-9-2-1-4-13(12)21)6-7-16-19-17(20-23-16)14-5-3-11-24-14/h3,5,11-13H,1-2,4,6-10H2,(H,18,22)/t12-,13+/m1/s1. The van der Waals surface area contributed by atoms with Crippen LogP contribution in [0, 0.1) is 0 Å². The van der Waals surface area contributed by atoms with E-state index in [2.05, 4.69) is 20.4 Å². The molecule has 2 aromatic heterocycles. The van der Waals surface area contributed by atoms with Gasteiger partial charge in [0, 0.05) is 31.5 Å². The van der Waals surface area contributed by atoms with E-state index in [0.29, 0.717) is 36.6 Å². The third-order valence-corrected chi connectivity index (χ3v) is 5.84. The van der Waals surface area contributed by atoms with Crippen molar-refractivity contribution in [1.29, 1.82) is 0 Å². The molecule has 0 saturated carbocycles. The lowest BCUT2D eigenvalue weighted by molar-refractivity contribution is -0.122. The zero-order chi connectivity index (χ0) is 16.4. The van der Waals surface area contributed by atoms with Crippen molar-refractivity contribution in [3.05, 3.63) is 23.4 Å². The van der Waals surface area contributed by atoms with E-state index in [1.807, 2.05) is 17.5 Å². The van der Waals surface area contributed by atoms with Gasteiger partial charge >= 0.3 is 0 Å². The third-order valence-electron chi connectivity index (χ3n) is 4.98. The molecule has 2 atom stereocenters. The van der Waals surface area contributed by atoms with Crippen LogP contribution in [0.3, 0.4) is 0 Å². The highest BCUT2D eigenvalue weighted by Gasteiger charge is 2.36. The van der Waals surface area contributed by atoms with Crippen LogP contribution in [0.15, 0.2) is 22.0 Å². The van der Waals surface area contributed by atoms with Gasteiger partial charge in [-0.2, -0.15) is 4.98 Å². The largest absolute Gasteiger partial charge is 0.352 e. The Morgan fingerprint density at radius 2 is 2.33 bits per heavy atom. The van der Waals surface area contributed by atoms with Crippen LogP contribution in [0.4, 0.5) is 0 Å². The first-order valence-electron chi connectivity index (χ1n) is 8.69. The molecule has 0 unspecified atom stereocenters. The van der Waals surface area contributed by atoms with Crippen LogP contribution in [-0.4, -0.2) is 46.1 Å². The molecule has 0 bridgehead atoms. The van der Waals surface area contributed by atoms with Crippen molar-refractivity contribution < 1.29 is 9.32 Å². The lowest BCUT2D eigenvalue weighted by Crippen LogP contribution is -2.46. The summed E-state index contributed by atoms with van der Waals surface area (Å²) >= 11 is 1.58. The Balaban J connectivity index is 1.28. The van der Waals surface area contributed by atoms with E-state index >= 15 is 0 Å². The molecule has 4 heterocycles. The summed E-state index contributed by atoms with van der Waals surface area (Å²) in [6.45, 7) is 2.30. The molecular weight excluding hydrogens is 324 g/mol. The van der Waals surface area contributed by atoms with Gasteiger partial charge in [0.25, 0.3) is 0 Å². The normalized spacial score (nSPS) is 24.0. The number of amides is 1. The quantitative estimate of drug-likeness (QED) is 0.900. The fourth-order valence-electron chi connectivity index (χ4n) is 3.78. The smallest absolute Gasteiger partial charge is 0.227 e. The number of hydrogen-bond acceptors (Lipinski definition) is 6. The number of aryl methyl sites for hydroxylation is 1. The van der Waals surface area contributed by atoms with Crippen molar-refractivity contribution in [3.63, 3.8) is 0 Å². The van der Waals surface area contributed by atoms with Gasteiger partial charge in [0.2, 0.25) is 17.6 Å². The summed E-state index contributed by atoms with van der Waals surface area (Å²) in [5.41, 5.74) is 0. The van der Waals surface area contributed by atoms with E-state index in [-0.39, 0.29) is 5.91 Å². The molecule has 24 heavy (non-hydrogen) atoms. The molecule has 2 aliphatic heterocycles. The van der Waals surface area contributed by atoms with Gasteiger partial charge in [-0.15, -0.1) is 11.3 Å². The summed E-state index contributed by atoms with van der Waals surface area (Å²) in [6, 6.07) is 4.76. The van der Waals surface area contributed by atoms with E-state index in [1.54, 1.807) is 11.3 Å². The van der Waals surface area contributed by atoms with Crippen molar-refractivity contribution >= 4 is 17.2 Å². The number of rotatable bonds is 5. The Morgan fingerprint density at radius 1 is 1.38 bits per heavy atom. The SMILES string of the molecule is O=C(CCc1nc(-c2cccs2)no1)N[C@@H]1CCN2CCCC[C@@H]12. The topological polar surface area (TPSA) is 71.3 Å². The molecule has 1 amide bonds. The van der Waals surface area contributed by atoms with Gasteiger partial charge < -0.3 is 9.84 Å². The number of aromatic nitrogens is 2. The second-order valence-electron chi connectivity index (χ2n) is 6.55.